The molecule has 1 aliphatic rings. The van der Waals surface area contributed by atoms with Crippen molar-refractivity contribution in [1.82, 2.24) is 5.32 Å². The number of fused-ring (bicyclic) bond motifs is 1. The van der Waals surface area contributed by atoms with Gasteiger partial charge in [-0.3, -0.25) is 0 Å². The van der Waals surface area contributed by atoms with Gasteiger partial charge in [-0.1, -0.05) is 24.3 Å². The third kappa shape index (κ3) is 2.99. The Morgan fingerprint density at radius 3 is 2.76 bits per heavy atom. The molecule has 1 atom stereocenters. The number of hydrogen-bond donors (Lipinski definition) is 1. The molecule has 0 radical (unpaired) electrons. The van der Waals surface area contributed by atoms with E-state index in [1.807, 2.05) is 26.8 Å². The molecule has 1 aromatic rings. The summed E-state index contributed by atoms with van der Waals surface area (Å²) in [7, 11) is 0. The third-order valence-electron chi connectivity index (χ3n) is 2.85. The highest BCUT2D eigenvalue weighted by Gasteiger charge is 2.26. The second-order valence-electron chi connectivity index (χ2n) is 5.48. The lowest BCUT2D eigenvalue weighted by atomic mass is 9.78. The number of amides is 1. The van der Waals surface area contributed by atoms with Gasteiger partial charge in [0.05, 0.1) is 0 Å². The topological polar surface area (TPSA) is 38.3 Å². The van der Waals surface area contributed by atoms with Crippen LogP contribution >= 0.6 is 0 Å². The highest BCUT2D eigenvalue weighted by Crippen LogP contribution is 2.33. The first-order valence-corrected chi connectivity index (χ1v) is 6.00. The molecular weight excluding hydrogens is 214 g/mol. The molecule has 0 spiro atoms. The maximum Gasteiger partial charge on any atom is 0.407 e. The minimum Gasteiger partial charge on any atom is -0.444 e. The smallest absolute Gasteiger partial charge is 0.407 e. The van der Waals surface area contributed by atoms with Crippen LogP contribution in [-0.2, 0) is 11.2 Å². The average molecular weight is 233 g/mol. The lowest BCUT2D eigenvalue weighted by Gasteiger charge is -2.30. The van der Waals surface area contributed by atoms with Crippen LogP contribution in [0.25, 0.3) is 0 Å². The third-order valence-corrected chi connectivity index (χ3v) is 2.85. The van der Waals surface area contributed by atoms with Crippen LogP contribution in [0.3, 0.4) is 0 Å². The molecule has 0 aliphatic heterocycles. The predicted molar refractivity (Wildman–Crippen MR) is 67.1 cm³/mol. The van der Waals surface area contributed by atoms with Crippen molar-refractivity contribution in [2.75, 3.05) is 6.54 Å². The lowest BCUT2D eigenvalue weighted by molar-refractivity contribution is 0.0523. The number of rotatable bonds is 2. The Labute approximate surface area is 102 Å². The molecule has 1 N–H and O–H groups in total. The molecule has 92 valence electrons. The molecule has 1 aromatic carbocycles. The van der Waals surface area contributed by atoms with Gasteiger partial charge in [-0.15, -0.1) is 0 Å². The number of nitrogens with one attached hydrogen (secondary N) is 1. The first-order chi connectivity index (χ1) is 7.96. The number of ether oxygens (including phenoxy) is 1. The van der Waals surface area contributed by atoms with E-state index in [2.05, 4.69) is 23.5 Å². The van der Waals surface area contributed by atoms with Crippen molar-refractivity contribution in [1.29, 1.82) is 0 Å². The van der Waals surface area contributed by atoms with Gasteiger partial charge in [-0.05, 0) is 38.3 Å². The molecule has 17 heavy (non-hydrogen) atoms. The highest BCUT2D eigenvalue weighted by molar-refractivity contribution is 5.67. The van der Waals surface area contributed by atoms with Crippen molar-refractivity contribution in [3.05, 3.63) is 35.4 Å². The van der Waals surface area contributed by atoms with Gasteiger partial charge in [0.1, 0.15) is 5.60 Å². The normalized spacial score (nSPS) is 17.9. The maximum absolute atomic E-state index is 11.5. The highest BCUT2D eigenvalue weighted by atomic mass is 16.6. The van der Waals surface area contributed by atoms with Crippen molar-refractivity contribution in [2.24, 2.45) is 0 Å². The summed E-state index contributed by atoms with van der Waals surface area (Å²) in [6, 6.07) is 8.36. The largest absolute Gasteiger partial charge is 0.444 e. The fourth-order valence-electron chi connectivity index (χ4n) is 2.07. The van der Waals surface area contributed by atoms with Crippen LogP contribution < -0.4 is 5.32 Å². The Kier molecular flexibility index (Phi) is 3.09. The van der Waals surface area contributed by atoms with Crippen molar-refractivity contribution in [2.45, 2.75) is 38.7 Å². The van der Waals surface area contributed by atoms with E-state index in [0.29, 0.717) is 12.5 Å². The van der Waals surface area contributed by atoms with E-state index in [-0.39, 0.29) is 6.09 Å². The second-order valence-corrected chi connectivity index (χ2v) is 5.48. The fourth-order valence-corrected chi connectivity index (χ4v) is 2.07. The fraction of sp³-hybridized carbons (Fsp3) is 0.500. The zero-order chi connectivity index (χ0) is 12.5. The van der Waals surface area contributed by atoms with Gasteiger partial charge in [0, 0.05) is 12.5 Å². The van der Waals surface area contributed by atoms with Gasteiger partial charge < -0.3 is 10.1 Å². The number of carbonyl (C=O) groups is 1. The van der Waals surface area contributed by atoms with Gasteiger partial charge in [-0.25, -0.2) is 4.79 Å². The maximum atomic E-state index is 11.5. The van der Waals surface area contributed by atoms with Gasteiger partial charge in [-0.2, -0.15) is 0 Å². The Morgan fingerprint density at radius 2 is 2.12 bits per heavy atom. The van der Waals surface area contributed by atoms with E-state index in [9.17, 15) is 4.79 Å². The molecule has 3 heteroatoms. The Balaban J connectivity index is 1.80. The monoisotopic (exact) mass is 233 g/mol. The Bertz CT molecular complexity index is 420. The van der Waals surface area contributed by atoms with Crippen molar-refractivity contribution >= 4 is 6.09 Å². The summed E-state index contributed by atoms with van der Waals surface area (Å²) >= 11 is 0. The van der Waals surface area contributed by atoms with Crippen LogP contribution in [0.2, 0.25) is 0 Å². The van der Waals surface area contributed by atoms with E-state index >= 15 is 0 Å². The second kappa shape index (κ2) is 4.40. The molecule has 3 nitrogen and oxygen atoms in total. The molecule has 0 saturated heterocycles. The molecule has 0 saturated carbocycles. The number of carbonyl (C=O) groups excluding carboxylic acids is 1. The average Bonchev–Trinajstić information content (AvgIpc) is 2.16. The van der Waals surface area contributed by atoms with E-state index in [1.165, 1.54) is 11.1 Å². The summed E-state index contributed by atoms with van der Waals surface area (Å²) in [6.07, 6.45) is 0.716. The van der Waals surface area contributed by atoms with E-state index in [4.69, 9.17) is 4.74 Å². The molecule has 0 fully saturated rings. The van der Waals surface area contributed by atoms with Gasteiger partial charge in [0.2, 0.25) is 0 Å². The molecular formula is C14H19NO2. The number of benzene rings is 1. The zero-order valence-corrected chi connectivity index (χ0v) is 10.6. The van der Waals surface area contributed by atoms with Crippen LogP contribution in [0, 0.1) is 0 Å². The van der Waals surface area contributed by atoms with Crippen LogP contribution in [0.4, 0.5) is 4.79 Å². The number of hydrogen-bond acceptors (Lipinski definition) is 2. The molecule has 1 amide bonds. The van der Waals surface area contributed by atoms with Gasteiger partial charge in [0.15, 0.2) is 0 Å². The van der Waals surface area contributed by atoms with Crippen LogP contribution in [0.5, 0.6) is 0 Å². The SMILES string of the molecule is CC(C)(C)OC(=O)NCC1Cc2ccccc21. The van der Waals surface area contributed by atoms with Crippen LogP contribution in [0.15, 0.2) is 24.3 Å². The summed E-state index contributed by atoms with van der Waals surface area (Å²) < 4.78 is 5.19. The summed E-state index contributed by atoms with van der Waals surface area (Å²) in [5.41, 5.74) is 2.31. The summed E-state index contributed by atoms with van der Waals surface area (Å²) in [5.74, 6) is 0.443. The number of alkyl carbamates (subject to hydrolysis) is 1. The Morgan fingerprint density at radius 1 is 1.41 bits per heavy atom. The molecule has 2 rings (SSSR count). The van der Waals surface area contributed by atoms with Gasteiger partial charge >= 0.3 is 6.09 Å². The lowest BCUT2D eigenvalue weighted by Crippen LogP contribution is -2.37. The standard InChI is InChI=1S/C14H19NO2/c1-14(2,3)17-13(16)15-9-11-8-10-6-4-5-7-12(10)11/h4-7,11H,8-9H2,1-3H3,(H,15,16). The van der Waals surface area contributed by atoms with Crippen molar-refractivity contribution in [3.8, 4) is 0 Å². The quantitative estimate of drug-likeness (QED) is 0.853. The minimum atomic E-state index is -0.429. The van der Waals surface area contributed by atoms with E-state index < -0.39 is 5.60 Å². The van der Waals surface area contributed by atoms with Crippen molar-refractivity contribution < 1.29 is 9.53 Å². The van der Waals surface area contributed by atoms with Gasteiger partial charge in [0.25, 0.3) is 0 Å². The minimum absolute atomic E-state index is 0.332. The van der Waals surface area contributed by atoms with E-state index in [0.717, 1.165) is 6.42 Å². The molecule has 1 aliphatic carbocycles. The summed E-state index contributed by atoms with van der Waals surface area (Å²) in [5, 5.41) is 2.82. The first kappa shape index (κ1) is 12.0. The first-order valence-electron chi connectivity index (χ1n) is 6.00. The van der Waals surface area contributed by atoms with E-state index in [1.54, 1.807) is 0 Å². The molecule has 0 bridgehead atoms. The summed E-state index contributed by atoms with van der Waals surface area (Å²) in [6.45, 7) is 6.26. The summed E-state index contributed by atoms with van der Waals surface area (Å²) in [4.78, 5) is 11.5. The predicted octanol–water partition coefficient (Wildman–Crippen LogP) is 2.85. The molecule has 0 heterocycles. The Hall–Kier alpha value is -1.51. The molecule has 0 aromatic heterocycles. The molecule has 1 unspecified atom stereocenters. The van der Waals surface area contributed by atoms with Crippen LogP contribution in [0.1, 0.15) is 37.8 Å². The zero-order valence-electron chi connectivity index (χ0n) is 10.6. The van der Waals surface area contributed by atoms with Crippen molar-refractivity contribution in [3.63, 3.8) is 0 Å². The van der Waals surface area contributed by atoms with Crippen LogP contribution in [-0.4, -0.2) is 18.2 Å².